The van der Waals surface area contributed by atoms with Crippen molar-refractivity contribution in [2.24, 2.45) is 0 Å². The predicted molar refractivity (Wildman–Crippen MR) is 166 cm³/mol. The Morgan fingerprint density at radius 1 is 1.02 bits per heavy atom. The van der Waals surface area contributed by atoms with Crippen LogP contribution in [0.5, 0.6) is 17.2 Å². The lowest BCUT2D eigenvalue weighted by atomic mass is 9.86. The number of carbonyl (C=O) groups is 1. The number of nitrogens with one attached hydrogen (secondary N) is 2. The fraction of sp³-hybridized carbons (Fsp3) is 0.419. The molecule has 3 aromatic rings. The van der Waals surface area contributed by atoms with E-state index in [1.807, 2.05) is 39.8 Å². The minimum absolute atomic E-state index is 0.218. The number of rotatable bonds is 9. The molecule has 1 amide bonds. The van der Waals surface area contributed by atoms with Gasteiger partial charge in [0.15, 0.2) is 5.75 Å². The maximum atomic E-state index is 13.5. The lowest BCUT2D eigenvalue weighted by Crippen LogP contribution is -2.43. The Kier molecular flexibility index (Phi) is 9.44. The molecule has 0 saturated carbocycles. The van der Waals surface area contributed by atoms with Gasteiger partial charge in [-0.25, -0.2) is 8.42 Å². The van der Waals surface area contributed by atoms with Crippen LogP contribution in [0.15, 0.2) is 48.7 Å². The van der Waals surface area contributed by atoms with Crippen molar-refractivity contribution in [2.75, 3.05) is 56.6 Å². The number of pyridine rings is 1. The van der Waals surface area contributed by atoms with Crippen LogP contribution >= 0.6 is 0 Å². The third-order valence-corrected chi connectivity index (χ3v) is 7.74. The summed E-state index contributed by atoms with van der Waals surface area (Å²) in [7, 11) is -0.0287. The third kappa shape index (κ3) is 8.21. The second kappa shape index (κ2) is 12.7. The molecule has 0 radical (unpaired) electrons. The van der Waals surface area contributed by atoms with E-state index in [2.05, 4.69) is 31.9 Å². The van der Waals surface area contributed by atoms with Crippen molar-refractivity contribution in [3.63, 3.8) is 0 Å². The van der Waals surface area contributed by atoms with E-state index in [0.29, 0.717) is 22.7 Å². The number of anilines is 2. The van der Waals surface area contributed by atoms with Crippen LogP contribution in [0.1, 0.15) is 48.0 Å². The highest BCUT2D eigenvalue weighted by Crippen LogP contribution is 2.39. The van der Waals surface area contributed by atoms with Gasteiger partial charge in [-0.05, 0) is 60.8 Å². The zero-order valence-corrected chi connectivity index (χ0v) is 26.3. The number of hydrogen-bond donors (Lipinski definition) is 2. The van der Waals surface area contributed by atoms with Gasteiger partial charge in [-0.1, -0.05) is 26.8 Å². The van der Waals surface area contributed by atoms with Gasteiger partial charge in [0.2, 0.25) is 10.0 Å². The summed E-state index contributed by atoms with van der Waals surface area (Å²) in [4.78, 5) is 22.7. The summed E-state index contributed by atoms with van der Waals surface area (Å²) in [5, 5.41) is 2.91. The molecule has 2 N–H and O–H groups in total. The topological polar surface area (TPSA) is 113 Å². The summed E-state index contributed by atoms with van der Waals surface area (Å²) in [6.07, 6.45) is 2.81. The first-order valence-electron chi connectivity index (χ1n) is 13.9. The van der Waals surface area contributed by atoms with Gasteiger partial charge in [0, 0.05) is 50.6 Å². The van der Waals surface area contributed by atoms with E-state index in [-0.39, 0.29) is 22.8 Å². The monoisotopic (exact) mass is 595 g/mol. The van der Waals surface area contributed by atoms with Crippen LogP contribution in [0.3, 0.4) is 0 Å². The van der Waals surface area contributed by atoms with E-state index in [1.165, 1.54) is 7.11 Å². The molecule has 0 aliphatic carbocycles. The molecule has 1 aliphatic rings. The van der Waals surface area contributed by atoms with E-state index in [4.69, 9.17) is 9.47 Å². The highest BCUT2D eigenvalue weighted by Gasteiger charge is 2.23. The number of benzene rings is 2. The fourth-order valence-electron chi connectivity index (χ4n) is 4.66. The van der Waals surface area contributed by atoms with Gasteiger partial charge in [0.25, 0.3) is 5.91 Å². The number of methoxy groups -OCH3 is 1. The molecule has 42 heavy (non-hydrogen) atoms. The minimum Gasteiger partial charge on any atom is -0.492 e. The molecular formula is C31H41N5O5S. The van der Waals surface area contributed by atoms with Gasteiger partial charge in [0.05, 0.1) is 30.4 Å². The molecular weight excluding hydrogens is 554 g/mol. The molecule has 226 valence electrons. The fourth-order valence-corrected chi connectivity index (χ4v) is 5.22. The van der Waals surface area contributed by atoms with Gasteiger partial charge in [-0.3, -0.25) is 19.4 Å². The molecule has 0 spiro atoms. The number of amides is 1. The number of carbonyl (C=O) groups excluding carboxylic acids is 1. The van der Waals surface area contributed by atoms with Crippen molar-refractivity contribution in [1.29, 1.82) is 0 Å². The van der Waals surface area contributed by atoms with E-state index in [9.17, 15) is 13.2 Å². The second-order valence-corrected chi connectivity index (χ2v) is 13.6. The molecule has 0 unspecified atom stereocenters. The van der Waals surface area contributed by atoms with Gasteiger partial charge < -0.3 is 19.7 Å². The number of piperazine rings is 1. The standard InChI is InChI=1S/C31H41N5O5S/c1-21-8-9-22(16-28(21)41-25-10-11-32-24(19-25)20-36-14-12-35(5)13-15-36)30(37)33-26-17-23(31(2,3)4)18-27(29(26)40-6)34-42(7,38)39/h8-11,16-19,34H,12-15,20H2,1-7H3,(H,33,37). The van der Waals surface area contributed by atoms with E-state index >= 15 is 0 Å². The van der Waals surface area contributed by atoms with Crippen LogP contribution in [0.2, 0.25) is 0 Å². The maximum absolute atomic E-state index is 13.5. The zero-order valence-electron chi connectivity index (χ0n) is 25.4. The Morgan fingerprint density at radius 2 is 1.71 bits per heavy atom. The summed E-state index contributed by atoms with van der Waals surface area (Å²) < 4.78 is 38.4. The number of nitrogens with zero attached hydrogens (tertiary/aromatic N) is 3. The third-order valence-electron chi connectivity index (χ3n) is 7.15. The molecule has 0 atom stereocenters. The predicted octanol–water partition coefficient (Wildman–Crippen LogP) is 4.86. The van der Waals surface area contributed by atoms with Crippen molar-refractivity contribution in [3.05, 3.63) is 71.0 Å². The number of hydrogen-bond acceptors (Lipinski definition) is 8. The van der Waals surface area contributed by atoms with E-state index < -0.39 is 10.0 Å². The van der Waals surface area contributed by atoms with Crippen LogP contribution in [-0.4, -0.2) is 75.7 Å². The average molecular weight is 596 g/mol. The highest BCUT2D eigenvalue weighted by molar-refractivity contribution is 7.92. The summed E-state index contributed by atoms with van der Waals surface area (Å²) in [5.41, 5.74) is 3.28. The first-order valence-corrected chi connectivity index (χ1v) is 15.8. The molecule has 11 heteroatoms. The normalized spacial score (nSPS) is 14.8. The van der Waals surface area contributed by atoms with Gasteiger partial charge >= 0.3 is 0 Å². The summed E-state index contributed by atoms with van der Waals surface area (Å²) in [6.45, 7) is 12.7. The van der Waals surface area contributed by atoms with Crippen LogP contribution in [-0.2, 0) is 22.0 Å². The lowest BCUT2D eigenvalue weighted by molar-refractivity contribution is 0.102. The van der Waals surface area contributed by atoms with Crippen molar-refractivity contribution in [1.82, 2.24) is 14.8 Å². The van der Waals surface area contributed by atoms with Crippen LogP contribution in [0.4, 0.5) is 11.4 Å². The van der Waals surface area contributed by atoms with Gasteiger partial charge in [0.1, 0.15) is 11.5 Å². The lowest BCUT2D eigenvalue weighted by Gasteiger charge is -2.32. The largest absolute Gasteiger partial charge is 0.492 e. The highest BCUT2D eigenvalue weighted by atomic mass is 32.2. The molecule has 10 nitrogen and oxygen atoms in total. The average Bonchev–Trinajstić information content (AvgIpc) is 2.90. The van der Waals surface area contributed by atoms with Gasteiger partial charge in [-0.15, -0.1) is 0 Å². The van der Waals surface area contributed by atoms with Crippen LogP contribution in [0, 0.1) is 6.92 Å². The Balaban J connectivity index is 1.57. The second-order valence-electron chi connectivity index (χ2n) is 11.8. The number of ether oxygens (including phenoxy) is 2. The Labute approximate surface area is 249 Å². The SMILES string of the molecule is COc1c(NC(=O)c2ccc(C)c(Oc3ccnc(CN4CCN(C)CC4)c3)c2)cc(C(C)(C)C)cc1NS(C)(=O)=O. The van der Waals surface area contributed by atoms with E-state index in [0.717, 1.165) is 55.8 Å². The first-order chi connectivity index (χ1) is 19.7. The van der Waals surface area contributed by atoms with E-state index in [1.54, 1.807) is 36.5 Å². The zero-order chi connectivity index (χ0) is 30.7. The molecule has 1 saturated heterocycles. The molecule has 1 fully saturated rings. The number of aryl methyl sites for hydroxylation is 1. The first kappa shape index (κ1) is 31.3. The van der Waals surface area contributed by atoms with Gasteiger partial charge in [-0.2, -0.15) is 0 Å². The molecule has 4 rings (SSSR count). The quantitative estimate of drug-likeness (QED) is 0.361. The molecule has 1 aromatic heterocycles. The Morgan fingerprint density at radius 3 is 2.36 bits per heavy atom. The summed E-state index contributed by atoms with van der Waals surface area (Å²) in [6, 6.07) is 12.5. The molecule has 0 bridgehead atoms. The van der Waals surface area contributed by atoms with Crippen molar-refractivity contribution in [3.8, 4) is 17.2 Å². The smallest absolute Gasteiger partial charge is 0.255 e. The Hall–Kier alpha value is -3.67. The van der Waals surface area contributed by atoms with Crippen LogP contribution in [0.25, 0.3) is 0 Å². The summed E-state index contributed by atoms with van der Waals surface area (Å²) >= 11 is 0. The molecule has 2 heterocycles. The molecule has 2 aromatic carbocycles. The maximum Gasteiger partial charge on any atom is 0.255 e. The number of sulfonamides is 1. The van der Waals surface area contributed by atoms with Crippen LogP contribution < -0.4 is 19.5 Å². The Bertz CT molecular complexity index is 1540. The number of aromatic nitrogens is 1. The van der Waals surface area contributed by atoms with Crippen molar-refractivity contribution in [2.45, 2.75) is 39.7 Å². The molecule has 1 aliphatic heterocycles. The summed E-state index contributed by atoms with van der Waals surface area (Å²) in [5.74, 6) is 1.02. The minimum atomic E-state index is -3.59. The number of likely N-dealkylation sites (N-methyl/N-ethyl adjacent to an activating group) is 1. The van der Waals surface area contributed by atoms with Crippen molar-refractivity contribution >= 4 is 27.3 Å². The van der Waals surface area contributed by atoms with Crippen molar-refractivity contribution < 1.29 is 22.7 Å².